The van der Waals surface area contributed by atoms with Gasteiger partial charge in [0.1, 0.15) is 17.7 Å². The van der Waals surface area contributed by atoms with Crippen LogP contribution >= 0.6 is 0 Å². The molecule has 1 aromatic carbocycles. The lowest BCUT2D eigenvalue weighted by Crippen LogP contribution is -2.60. The van der Waals surface area contributed by atoms with Gasteiger partial charge in [-0.25, -0.2) is 9.37 Å². The van der Waals surface area contributed by atoms with Crippen LogP contribution in [0.25, 0.3) is 22.0 Å². The number of pyridine rings is 1. The largest absolute Gasteiger partial charge is 0.507 e. The molecule has 150 valence electrons. The molecule has 2 saturated heterocycles. The normalized spacial score (nSPS) is 28.6. The van der Waals surface area contributed by atoms with Gasteiger partial charge < -0.3 is 15.3 Å². The molecule has 2 bridgehead atoms. The van der Waals surface area contributed by atoms with Crippen molar-refractivity contribution in [1.29, 1.82) is 0 Å². The number of aromatic hydroxyl groups is 1. The van der Waals surface area contributed by atoms with E-state index in [1.807, 2.05) is 24.1 Å². The molecule has 0 saturated carbocycles. The van der Waals surface area contributed by atoms with Gasteiger partial charge in [0.15, 0.2) is 0 Å². The zero-order chi connectivity index (χ0) is 20.2. The number of hydrogen-bond acceptors (Lipinski definition) is 6. The third-order valence-electron chi connectivity index (χ3n) is 6.48. The zero-order valence-electron chi connectivity index (χ0n) is 16.5. The third-order valence-corrected chi connectivity index (χ3v) is 6.48. The molecule has 4 atom stereocenters. The highest BCUT2D eigenvalue weighted by Gasteiger charge is 2.49. The Morgan fingerprint density at radius 3 is 2.86 bits per heavy atom. The van der Waals surface area contributed by atoms with Crippen molar-refractivity contribution in [2.45, 2.75) is 50.0 Å². The van der Waals surface area contributed by atoms with E-state index in [1.54, 1.807) is 30.9 Å². The molecular weight excluding hydrogens is 369 g/mol. The summed E-state index contributed by atoms with van der Waals surface area (Å²) in [6.07, 6.45) is 8.41. The second kappa shape index (κ2) is 6.62. The maximum absolute atomic E-state index is 15.0. The molecular formula is C22H24FN5O. The van der Waals surface area contributed by atoms with Crippen molar-refractivity contribution in [3.05, 3.63) is 43.0 Å². The molecule has 2 aliphatic heterocycles. The van der Waals surface area contributed by atoms with Crippen LogP contribution in [0.2, 0.25) is 0 Å². The molecule has 2 aromatic heterocycles. The Labute approximate surface area is 168 Å². The minimum absolute atomic E-state index is 0.00864. The van der Waals surface area contributed by atoms with Crippen molar-refractivity contribution >= 4 is 16.6 Å². The van der Waals surface area contributed by atoms with Crippen LogP contribution in [-0.4, -0.2) is 50.9 Å². The number of halogens is 1. The van der Waals surface area contributed by atoms with Crippen molar-refractivity contribution in [3.8, 4) is 17.0 Å². The molecule has 2 aliphatic rings. The predicted octanol–water partition coefficient (Wildman–Crippen LogP) is 3.45. The van der Waals surface area contributed by atoms with Gasteiger partial charge in [-0.2, -0.15) is 0 Å². The molecule has 2 fully saturated rings. The maximum atomic E-state index is 15.0. The molecule has 5 rings (SSSR count). The van der Waals surface area contributed by atoms with Gasteiger partial charge in [-0.3, -0.25) is 9.97 Å². The van der Waals surface area contributed by atoms with E-state index in [1.165, 1.54) is 0 Å². The van der Waals surface area contributed by atoms with Gasteiger partial charge in [0.25, 0.3) is 0 Å². The van der Waals surface area contributed by atoms with Crippen LogP contribution in [-0.2, 0) is 0 Å². The molecule has 4 heterocycles. The smallest absolute Gasteiger partial charge is 0.147 e. The molecule has 7 heteroatoms. The number of benzene rings is 1. The average molecular weight is 393 g/mol. The number of hydrogen-bond donors (Lipinski definition) is 2. The van der Waals surface area contributed by atoms with Gasteiger partial charge in [0.2, 0.25) is 0 Å². The number of rotatable bonds is 3. The van der Waals surface area contributed by atoms with Gasteiger partial charge in [-0.15, -0.1) is 0 Å². The fourth-order valence-electron chi connectivity index (χ4n) is 4.80. The highest BCUT2D eigenvalue weighted by Crippen LogP contribution is 2.39. The number of aromatic nitrogens is 3. The molecule has 3 aromatic rings. The highest BCUT2D eigenvalue weighted by atomic mass is 19.1. The second-order valence-corrected chi connectivity index (χ2v) is 8.53. The van der Waals surface area contributed by atoms with Gasteiger partial charge in [0, 0.05) is 42.0 Å². The Morgan fingerprint density at radius 1 is 1.21 bits per heavy atom. The summed E-state index contributed by atoms with van der Waals surface area (Å²) < 4.78 is 15.0. The van der Waals surface area contributed by atoms with E-state index in [-0.39, 0.29) is 23.4 Å². The lowest BCUT2D eigenvalue weighted by molar-refractivity contribution is 0.144. The molecule has 0 spiro atoms. The fraction of sp³-hybridized carbons (Fsp3) is 0.409. The van der Waals surface area contributed by atoms with Gasteiger partial charge in [0.05, 0.1) is 24.1 Å². The van der Waals surface area contributed by atoms with Crippen LogP contribution in [0.5, 0.6) is 5.75 Å². The SMILES string of the molecule is CN(c1cnc(-c2cc3ccncc3cc2O)cn1)[C@H]1C[C@]2(C)CC[C@@H](N2)[C@H]1F. The van der Waals surface area contributed by atoms with E-state index in [0.29, 0.717) is 17.1 Å². The third kappa shape index (κ3) is 3.09. The van der Waals surface area contributed by atoms with E-state index in [2.05, 4.69) is 27.2 Å². The Kier molecular flexibility index (Phi) is 4.17. The summed E-state index contributed by atoms with van der Waals surface area (Å²) in [7, 11) is 1.88. The number of nitrogens with one attached hydrogen (secondary N) is 1. The van der Waals surface area contributed by atoms with Crippen LogP contribution in [0.15, 0.2) is 43.0 Å². The van der Waals surface area contributed by atoms with Crippen LogP contribution in [0.3, 0.4) is 0 Å². The number of phenolic OH excluding ortho intramolecular Hbond substituents is 1. The number of fused-ring (bicyclic) bond motifs is 3. The van der Waals surface area contributed by atoms with Crippen molar-refractivity contribution in [3.63, 3.8) is 0 Å². The van der Waals surface area contributed by atoms with E-state index in [9.17, 15) is 5.11 Å². The standard InChI is InChI=1S/C22H24FN5O/c1-22-5-3-16(27-22)21(23)18(9-22)28(2)20-12-25-17(11-26-20)15-7-13-4-6-24-10-14(13)8-19(15)29/h4,6-8,10-12,16,18,21,27,29H,3,5,9H2,1-2H3/t16-,18+,21-,22+/m1/s1. The van der Waals surface area contributed by atoms with Crippen LogP contribution in [0.1, 0.15) is 26.2 Å². The van der Waals surface area contributed by atoms with Crippen molar-refractivity contribution in [1.82, 2.24) is 20.3 Å². The van der Waals surface area contributed by atoms with Crippen LogP contribution < -0.4 is 10.2 Å². The Bertz CT molecular complexity index is 1060. The monoisotopic (exact) mass is 393 g/mol. The summed E-state index contributed by atoms with van der Waals surface area (Å²) in [6, 6.07) is 5.13. The quantitative estimate of drug-likeness (QED) is 0.710. The summed E-state index contributed by atoms with van der Waals surface area (Å²) in [6.45, 7) is 2.17. The Hall–Kier alpha value is -2.80. The highest BCUT2D eigenvalue weighted by molar-refractivity contribution is 5.89. The molecule has 0 aliphatic carbocycles. The van der Waals surface area contributed by atoms with E-state index in [0.717, 1.165) is 30.0 Å². The molecule has 6 nitrogen and oxygen atoms in total. The van der Waals surface area contributed by atoms with Gasteiger partial charge in [-0.1, -0.05) is 0 Å². The number of phenols is 1. The van der Waals surface area contributed by atoms with Gasteiger partial charge >= 0.3 is 0 Å². The minimum atomic E-state index is -0.935. The summed E-state index contributed by atoms with van der Waals surface area (Å²) in [5, 5.41) is 15.7. The molecule has 0 radical (unpaired) electrons. The first-order valence-corrected chi connectivity index (χ1v) is 9.97. The Morgan fingerprint density at radius 2 is 2.07 bits per heavy atom. The van der Waals surface area contributed by atoms with Crippen LogP contribution in [0, 0.1) is 0 Å². The molecule has 2 N–H and O–H groups in total. The first-order valence-electron chi connectivity index (χ1n) is 9.97. The summed E-state index contributed by atoms with van der Waals surface area (Å²) in [5.74, 6) is 0.767. The number of anilines is 1. The van der Waals surface area contributed by atoms with Crippen molar-refractivity contribution in [2.24, 2.45) is 0 Å². The topological polar surface area (TPSA) is 74.2 Å². The first kappa shape index (κ1) is 18.2. The molecule has 29 heavy (non-hydrogen) atoms. The van der Waals surface area contributed by atoms with E-state index >= 15 is 4.39 Å². The first-order chi connectivity index (χ1) is 13.9. The van der Waals surface area contributed by atoms with Gasteiger partial charge in [-0.05, 0) is 49.8 Å². The molecule has 0 amide bonds. The minimum Gasteiger partial charge on any atom is -0.507 e. The van der Waals surface area contributed by atoms with Crippen molar-refractivity contribution < 1.29 is 9.50 Å². The number of alkyl halides is 1. The number of nitrogens with zero attached hydrogens (tertiary/aromatic N) is 4. The van der Waals surface area contributed by atoms with E-state index in [4.69, 9.17) is 0 Å². The maximum Gasteiger partial charge on any atom is 0.147 e. The summed E-state index contributed by atoms with van der Waals surface area (Å²) >= 11 is 0. The molecule has 0 unspecified atom stereocenters. The second-order valence-electron chi connectivity index (χ2n) is 8.53. The fourth-order valence-corrected chi connectivity index (χ4v) is 4.80. The summed E-state index contributed by atoms with van der Waals surface area (Å²) in [5.41, 5.74) is 1.18. The predicted molar refractivity (Wildman–Crippen MR) is 111 cm³/mol. The average Bonchev–Trinajstić information content (AvgIpc) is 3.07. The van der Waals surface area contributed by atoms with E-state index < -0.39 is 6.17 Å². The number of piperidine rings is 1. The van der Waals surface area contributed by atoms with Crippen LogP contribution in [0.4, 0.5) is 10.2 Å². The summed E-state index contributed by atoms with van der Waals surface area (Å²) in [4.78, 5) is 15.0. The lowest BCUT2D eigenvalue weighted by atomic mass is 9.87. The zero-order valence-corrected chi connectivity index (χ0v) is 16.5. The lowest BCUT2D eigenvalue weighted by Gasteiger charge is -2.43. The van der Waals surface area contributed by atoms with Crippen molar-refractivity contribution in [2.75, 3.05) is 11.9 Å². The Balaban J connectivity index is 1.42.